The first-order valence-electron chi connectivity index (χ1n) is 6.30. The summed E-state index contributed by atoms with van der Waals surface area (Å²) in [6.07, 6.45) is 3.22. The Morgan fingerprint density at radius 1 is 1.63 bits per heavy atom. The summed E-state index contributed by atoms with van der Waals surface area (Å²) in [4.78, 5) is 11.6. The van der Waals surface area contributed by atoms with Gasteiger partial charge in [0.1, 0.15) is 5.75 Å². The van der Waals surface area contributed by atoms with Crippen molar-refractivity contribution in [2.75, 3.05) is 7.11 Å². The number of hydrogen-bond donors (Lipinski definition) is 1. The Hall–Kier alpha value is -1.81. The lowest BCUT2D eigenvalue weighted by Gasteiger charge is -2.26. The Balaban J connectivity index is 2.36. The van der Waals surface area contributed by atoms with Crippen molar-refractivity contribution in [3.8, 4) is 5.75 Å². The molecule has 1 aliphatic heterocycles. The monoisotopic (exact) mass is 262 g/mol. The van der Waals surface area contributed by atoms with Crippen LogP contribution in [0.3, 0.4) is 0 Å². The van der Waals surface area contributed by atoms with Crippen LogP contribution in [0, 0.1) is 0 Å². The number of benzene rings is 1. The fourth-order valence-electron chi connectivity index (χ4n) is 2.35. The van der Waals surface area contributed by atoms with Crippen molar-refractivity contribution in [3.63, 3.8) is 0 Å². The van der Waals surface area contributed by atoms with Crippen LogP contribution in [0.5, 0.6) is 5.75 Å². The van der Waals surface area contributed by atoms with E-state index in [0.29, 0.717) is 12.8 Å². The number of ether oxygens (including phenoxy) is 2. The molecule has 0 amide bonds. The molecule has 0 aliphatic carbocycles. The molecule has 102 valence electrons. The van der Waals surface area contributed by atoms with Gasteiger partial charge in [-0.1, -0.05) is 6.08 Å². The molecule has 2 rings (SSSR count). The molecule has 1 unspecified atom stereocenters. The van der Waals surface area contributed by atoms with Gasteiger partial charge in [0.15, 0.2) is 6.10 Å². The number of rotatable bonds is 4. The van der Waals surface area contributed by atoms with Gasteiger partial charge >= 0.3 is 5.97 Å². The second kappa shape index (κ2) is 5.89. The number of esters is 1. The van der Waals surface area contributed by atoms with Gasteiger partial charge in [0.25, 0.3) is 0 Å². The molecule has 1 aromatic carbocycles. The maximum Gasteiger partial charge on any atom is 0.347 e. The standard InChI is InChI=1S/C15H18O4/c1-3-4-11-7-10(9-16)8-12-5-6-13(15(17)18-2)19-14(11)12/h3,7-8,13,16H,1,4-6,9H2,2H3. The summed E-state index contributed by atoms with van der Waals surface area (Å²) in [7, 11) is 1.36. The summed E-state index contributed by atoms with van der Waals surface area (Å²) < 4.78 is 10.5. The van der Waals surface area contributed by atoms with Crippen LogP contribution in [0.25, 0.3) is 0 Å². The molecule has 1 aliphatic rings. The Morgan fingerprint density at radius 2 is 2.42 bits per heavy atom. The molecule has 0 spiro atoms. The predicted octanol–water partition coefficient (Wildman–Crippen LogP) is 1.77. The van der Waals surface area contributed by atoms with Crippen LogP contribution >= 0.6 is 0 Å². The number of hydrogen-bond acceptors (Lipinski definition) is 4. The zero-order chi connectivity index (χ0) is 13.8. The summed E-state index contributed by atoms with van der Waals surface area (Å²) in [6, 6.07) is 3.82. The lowest BCUT2D eigenvalue weighted by molar-refractivity contribution is -0.149. The fourth-order valence-corrected chi connectivity index (χ4v) is 2.35. The van der Waals surface area contributed by atoms with Crippen molar-refractivity contribution in [2.24, 2.45) is 0 Å². The third kappa shape index (κ3) is 2.79. The molecule has 1 aromatic rings. The van der Waals surface area contributed by atoms with E-state index in [0.717, 1.165) is 28.9 Å². The van der Waals surface area contributed by atoms with E-state index in [-0.39, 0.29) is 12.6 Å². The number of carbonyl (C=O) groups is 1. The molecular formula is C15H18O4. The number of aliphatic hydroxyl groups is 1. The Bertz CT molecular complexity index is 493. The van der Waals surface area contributed by atoms with E-state index in [1.165, 1.54) is 7.11 Å². The maximum absolute atomic E-state index is 11.6. The normalized spacial score (nSPS) is 17.3. The maximum atomic E-state index is 11.6. The minimum atomic E-state index is -0.541. The van der Waals surface area contributed by atoms with E-state index in [9.17, 15) is 9.90 Å². The van der Waals surface area contributed by atoms with Gasteiger partial charge in [-0.25, -0.2) is 4.79 Å². The summed E-state index contributed by atoms with van der Waals surface area (Å²) in [5.74, 6) is 0.389. The number of allylic oxidation sites excluding steroid dienone is 1. The molecule has 1 heterocycles. The molecule has 4 heteroatoms. The third-order valence-corrected chi connectivity index (χ3v) is 3.25. The minimum Gasteiger partial charge on any atom is -0.478 e. The molecule has 0 saturated carbocycles. The molecule has 0 radical (unpaired) electrons. The van der Waals surface area contributed by atoms with Crippen molar-refractivity contribution in [1.82, 2.24) is 0 Å². The van der Waals surface area contributed by atoms with E-state index in [2.05, 4.69) is 6.58 Å². The van der Waals surface area contributed by atoms with Crippen LogP contribution in [-0.4, -0.2) is 24.3 Å². The van der Waals surface area contributed by atoms with Gasteiger partial charge in [-0.15, -0.1) is 6.58 Å². The largest absolute Gasteiger partial charge is 0.478 e. The van der Waals surface area contributed by atoms with E-state index >= 15 is 0 Å². The van der Waals surface area contributed by atoms with Gasteiger partial charge in [0.05, 0.1) is 13.7 Å². The van der Waals surface area contributed by atoms with Crippen molar-refractivity contribution in [3.05, 3.63) is 41.5 Å². The van der Waals surface area contributed by atoms with Gasteiger partial charge in [-0.3, -0.25) is 0 Å². The molecule has 1 atom stereocenters. The van der Waals surface area contributed by atoms with Gasteiger partial charge < -0.3 is 14.6 Å². The van der Waals surface area contributed by atoms with E-state index in [1.807, 2.05) is 12.1 Å². The first kappa shape index (κ1) is 13.6. The zero-order valence-corrected chi connectivity index (χ0v) is 11.0. The highest BCUT2D eigenvalue weighted by Gasteiger charge is 2.28. The summed E-state index contributed by atoms with van der Waals surface area (Å²) >= 11 is 0. The van der Waals surface area contributed by atoms with E-state index < -0.39 is 6.10 Å². The predicted molar refractivity (Wildman–Crippen MR) is 71.0 cm³/mol. The zero-order valence-electron chi connectivity index (χ0n) is 11.0. The van der Waals surface area contributed by atoms with Crippen LogP contribution in [0.1, 0.15) is 23.1 Å². The number of carbonyl (C=O) groups excluding carboxylic acids is 1. The first-order chi connectivity index (χ1) is 9.19. The van der Waals surface area contributed by atoms with Crippen LogP contribution in [-0.2, 0) is 29.0 Å². The highest BCUT2D eigenvalue weighted by molar-refractivity contribution is 5.75. The summed E-state index contributed by atoms with van der Waals surface area (Å²) in [5.41, 5.74) is 2.84. The van der Waals surface area contributed by atoms with Crippen molar-refractivity contribution >= 4 is 5.97 Å². The van der Waals surface area contributed by atoms with Crippen LogP contribution < -0.4 is 4.74 Å². The quantitative estimate of drug-likeness (QED) is 0.663. The van der Waals surface area contributed by atoms with Gasteiger partial charge in [0.2, 0.25) is 0 Å². The molecule has 0 bridgehead atoms. The number of aryl methyl sites for hydroxylation is 1. The Morgan fingerprint density at radius 3 is 3.05 bits per heavy atom. The average Bonchev–Trinajstić information content (AvgIpc) is 2.46. The number of fused-ring (bicyclic) bond motifs is 1. The average molecular weight is 262 g/mol. The molecule has 4 nitrogen and oxygen atoms in total. The summed E-state index contributed by atoms with van der Waals surface area (Å²) in [6.45, 7) is 3.72. The van der Waals surface area contributed by atoms with Crippen LogP contribution in [0.15, 0.2) is 24.8 Å². The Kier molecular flexibility index (Phi) is 4.22. The molecule has 0 aromatic heterocycles. The fraction of sp³-hybridized carbons (Fsp3) is 0.400. The SMILES string of the molecule is C=CCc1cc(CO)cc2c1OC(C(=O)OC)CC2. The van der Waals surface area contributed by atoms with Crippen molar-refractivity contribution in [2.45, 2.75) is 32.0 Å². The molecule has 19 heavy (non-hydrogen) atoms. The van der Waals surface area contributed by atoms with Gasteiger partial charge in [-0.2, -0.15) is 0 Å². The highest BCUT2D eigenvalue weighted by Crippen LogP contribution is 2.33. The molecule has 0 fully saturated rings. The second-order valence-electron chi connectivity index (χ2n) is 4.56. The van der Waals surface area contributed by atoms with Gasteiger partial charge in [-0.05, 0) is 48.1 Å². The van der Waals surface area contributed by atoms with E-state index in [4.69, 9.17) is 9.47 Å². The number of methoxy groups -OCH3 is 1. The lowest BCUT2D eigenvalue weighted by atomic mass is 9.95. The van der Waals surface area contributed by atoms with E-state index in [1.54, 1.807) is 6.08 Å². The summed E-state index contributed by atoms with van der Waals surface area (Å²) in [5, 5.41) is 9.27. The molecular weight excluding hydrogens is 244 g/mol. The van der Waals surface area contributed by atoms with Crippen LogP contribution in [0.4, 0.5) is 0 Å². The first-order valence-corrected chi connectivity index (χ1v) is 6.30. The minimum absolute atomic E-state index is 0.00213. The molecule has 0 saturated heterocycles. The topological polar surface area (TPSA) is 55.8 Å². The molecule has 1 N–H and O–H groups in total. The lowest BCUT2D eigenvalue weighted by Crippen LogP contribution is -2.32. The Labute approximate surface area is 112 Å². The highest BCUT2D eigenvalue weighted by atomic mass is 16.6. The van der Waals surface area contributed by atoms with Crippen LogP contribution in [0.2, 0.25) is 0 Å². The second-order valence-corrected chi connectivity index (χ2v) is 4.56. The third-order valence-electron chi connectivity index (χ3n) is 3.25. The number of aliphatic hydroxyl groups excluding tert-OH is 1. The van der Waals surface area contributed by atoms with Gasteiger partial charge in [0, 0.05) is 0 Å². The van der Waals surface area contributed by atoms with Crippen molar-refractivity contribution < 1.29 is 19.4 Å². The smallest absolute Gasteiger partial charge is 0.347 e. The van der Waals surface area contributed by atoms with Crippen molar-refractivity contribution in [1.29, 1.82) is 0 Å².